The van der Waals surface area contributed by atoms with Gasteiger partial charge in [-0.2, -0.15) is 0 Å². The molecule has 2 aromatic carbocycles. The van der Waals surface area contributed by atoms with Crippen molar-refractivity contribution in [3.8, 4) is 11.5 Å². The van der Waals surface area contributed by atoms with Crippen molar-refractivity contribution in [2.24, 2.45) is 0 Å². The van der Waals surface area contributed by atoms with Crippen molar-refractivity contribution in [1.29, 1.82) is 0 Å². The van der Waals surface area contributed by atoms with Crippen LogP contribution in [0.1, 0.15) is 27.0 Å². The Kier molecular flexibility index (Phi) is 5.65. The lowest BCUT2D eigenvalue weighted by Crippen LogP contribution is -2.27. The number of hydrogen-bond donors (Lipinski definition) is 1. The molecular formula is C21H19NO6S. The highest BCUT2D eigenvalue weighted by molar-refractivity contribution is 8.19. The van der Waals surface area contributed by atoms with Crippen LogP contribution in [0.4, 0.5) is 10.5 Å². The molecule has 7 nitrogen and oxygen atoms in total. The molecule has 1 saturated heterocycles. The van der Waals surface area contributed by atoms with Gasteiger partial charge in [0.05, 0.1) is 24.8 Å². The van der Waals surface area contributed by atoms with E-state index in [0.717, 1.165) is 27.8 Å². The van der Waals surface area contributed by atoms with Crippen molar-refractivity contribution >= 4 is 40.6 Å². The van der Waals surface area contributed by atoms with Gasteiger partial charge >= 0.3 is 5.97 Å². The lowest BCUT2D eigenvalue weighted by molar-refractivity contribution is -0.113. The highest BCUT2D eigenvalue weighted by atomic mass is 32.2. The van der Waals surface area contributed by atoms with Crippen molar-refractivity contribution in [2.45, 2.75) is 13.8 Å². The number of carbonyl (C=O) groups excluding carboxylic acids is 2. The van der Waals surface area contributed by atoms with E-state index in [1.165, 1.54) is 26.4 Å². The number of ether oxygens (including phenoxy) is 2. The Morgan fingerprint density at radius 2 is 1.79 bits per heavy atom. The van der Waals surface area contributed by atoms with Gasteiger partial charge in [0, 0.05) is 0 Å². The first-order valence-electron chi connectivity index (χ1n) is 8.62. The monoisotopic (exact) mass is 413 g/mol. The maximum Gasteiger partial charge on any atom is 0.340 e. The van der Waals surface area contributed by atoms with Gasteiger partial charge in [-0.15, -0.1) is 0 Å². The summed E-state index contributed by atoms with van der Waals surface area (Å²) in [5.74, 6) is -1.44. The minimum atomic E-state index is -1.24. The van der Waals surface area contributed by atoms with E-state index in [1.54, 1.807) is 18.2 Å². The van der Waals surface area contributed by atoms with E-state index in [4.69, 9.17) is 9.47 Å². The summed E-state index contributed by atoms with van der Waals surface area (Å²) in [6.45, 7) is 3.84. The molecule has 3 rings (SSSR count). The highest BCUT2D eigenvalue weighted by Gasteiger charge is 2.37. The Hall–Kier alpha value is -3.26. The number of hydrogen-bond acceptors (Lipinski definition) is 6. The van der Waals surface area contributed by atoms with Gasteiger partial charge in [0.1, 0.15) is 5.56 Å². The number of amides is 2. The summed E-state index contributed by atoms with van der Waals surface area (Å²) in [6.07, 6.45) is 1.39. The minimum Gasteiger partial charge on any atom is -0.493 e. The van der Waals surface area contributed by atoms with E-state index >= 15 is 0 Å². The zero-order chi connectivity index (χ0) is 21.3. The average Bonchev–Trinajstić information content (AvgIpc) is 2.96. The van der Waals surface area contributed by atoms with Crippen LogP contribution < -0.4 is 14.4 Å². The van der Waals surface area contributed by atoms with Crippen LogP contribution in [0, 0.1) is 13.8 Å². The molecule has 2 aromatic rings. The number of aromatic carboxylic acids is 1. The highest BCUT2D eigenvalue weighted by Crippen LogP contribution is 2.39. The number of carboxylic acids is 1. The number of imide groups is 1. The van der Waals surface area contributed by atoms with Gasteiger partial charge in [-0.1, -0.05) is 12.1 Å². The van der Waals surface area contributed by atoms with Gasteiger partial charge < -0.3 is 14.6 Å². The number of nitrogens with zero attached hydrogens (tertiary/aromatic N) is 1. The van der Waals surface area contributed by atoms with Crippen molar-refractivity contribution in [3.05, 3.63) is 57.5 Å². The average molecular weight is 413 g/mol. The number of thioether (sulfide) groups is 1. The lowest BCUT2D eigenvalue weighted by atomic mass is 10.0. The zero-order valence-corrected chi connectivity index (χ0v) is 17.1. The summed E-state index contributed by atoms with van der Waals surface area (Å²) in [5, 5.41) is 9.20. The SMILES string of the molecule is COc1ccc(/C=C2/SC(=O)N(c3ccc(C)c(C)c3)C2=O)c(C(=O)O)c1OC. The summed E-state index contributed by atoms with van der Waals surface area (Å²) in [4.78, 5) is 38.4. The molecule has 150 valence electrons. The van der Waals surface area contributed by atoms with E-state index < -0.39 is 17.1 Å². The summed E-state index contributed by atoms with van der Waals surface area (Å²) in [6, 6.07) is 8.38. The molecule has 0 spiro atoms. The molecule has 0 saturated carbocycles. The molecule has 2 amide bonds. The molecule has 0 radical (unpaired) electrons. The van der Waals surface area contributed by atoms with Crippen molar-refractivity contribution in [2.75, 3.05) is 19.1 Å². The van der Waals surface area contributed by atoms with Gasteiger partial charge in [-0.3, -0.25) is 9.59 Å². The molecule has 8 heteroatoms. The van der Waals surface area contributed by atoms with Crippen LogP contribution in [0.25, 0.3) is 6.08 Å². The molecule has 0 unspecified atom stereocenters. The summed E-state index contributed by atoms with van der Waals surface area (Å²) < 4.78 is 10.3. The molecule has 1 aliphatic rings. The van der Waals surface area contributed by atoms with Crippen LogP contribution in [-0.2, 0) is 4.79 Å². The number of benzene rings is 2. The Morgan fingerprint density at radius 3 is 2.38 bits per heavy atom. The van der Waals surface area contributed by atoms with Crippen molar-refractivity contribution in [3.63, 3.8) is 0 Å². The number of anilines is 1. The molecule has 1 heterocycles. The fourth-order valence-electron chi connectivity index (χ4n) is 2.98. The molecular weight excluding hydrogens is 394 g/mol. The van der Waals surface area contributed by atoms with E-state index in [1.807, 2.05) is 19.9 Å². The zero-order valence-electron chi connectivity index (χ0n) is 16.3. The predicted octanol–water partition coefficient (Wildman–Crippen LogP) is 4.26. The van der Waals surface area contributed by atoms with Crippen LogP contribution in [0.15, 0.2) is 35.2 Å². The minimum absolute atomic E-state index is 0.0436. The summed E-state index contributed by atoms with van der Waals surface area (Å²) in [5.41, 5.74) is 2.57. The molecule has 1 N–H and O–H groups in total. The molecule has 0 bridgehead atoms. The Labute approximate surface area is 171 Å². The summed E-state index contributed by atoms with van der Waals surface area (Å²) in [7, 11) is 2.74. The molecule has 1 fully saturated rings. The second-order valence-electron chi connectivity index (χ2n) is 6.36. The third-order valence-corrected chi connectivity index (χ3v) is 5.49. The first-order chi connectivity index (χ1) is 13.8. The standard InChI is InChI=1S/C21H19NO6S/c1-11-5-7-14(9-12(11)2)22-19(23)16(29-21(22)26)10-13-6-8-15(27-3)18(28-4)17(13)20(24)25/h5-10H,1-4H3,(H,24,25)/b16-10+. The normalized spacial score (nSPS) is 15.2. The van der Waals surface area contributed by atoms with Crippen LogP contribution in [-0.4, -0.2) is 36.4 Å². The number of aryl methyl sites for hydroxylation is 2. The Morgan fingerprint density at radius 1 is 1.07 bits per heavy atom. The number of rotatable bonds is 5. The fourth-order valence-corrected chi connectivity index (χ4v) is 3.81. The number of methoxy groups -OCH3 is 2. The first-order valence-corrected chi connectivity index (χ1v) is 9.43. The van der Waals surface area contributed by atoms with Crippen molar-refractivity contribution < 1.29 is 29.0 Å². The van der Waals surface area contributed by atoms with Gasteiger partial charge in [0.25, 0.3) is 11.1 Å². The summed E-state index contributed by atoms with van der Waals surface area (Å²) >= 11 is 0.759. The second kappa shape index (κ2) is 8.00. The topological polar surface area (TPSA) is 93.1 Å². The molecule has 0 atom stereocenters. The third kappa shape index (κ3) is 3.71. The van der Waals surface area contributed by atoms with E-state index in [9.17, 15) is 19.5 Å². The maximum absolute atomic E-state index is 12.9. The van der Waals surface area contributed by atoms with Gasteiger partial charge in [-0.25, -0.2) is 9.69 Å². The largest absolute Gasteiger partial charge is 0.493 e. The number of carboxylic acid groups (broad SMARTS) is 1. The van der Waals surface area contributed by atoms with E-state index in [-0.39, 0.29) is 27.5 Å². The maximum atomic E-state index is 12.9. The van der Waals surface area contributed by atoms with Gasteiger partial charge in [0.15, 0.2) is 11.5 Å². The first kappa shape index (κ1) is 20.5. The van der Waals surface area contributed by atoms with Gasteiger partial charge in [0.2, 0.25) is 0 Å². The number of carbonyl (C=O) groups is 3. The Balaban J connectivity index is 2.06. The molecule has 1 aliphatic heterocycles. The quantitative estimate of drug-likeness (QED) is 0.732. The van der Waals surface area contributed by atoms with E-state index in [2.05, 4.69) is 0 Å². The molecule has 0 aliphatic carbocycles. The van der Waals surface area contributed by atoms with Crippen LogP contribution in [0.3, 0.4) is 0 Å². The Bertz CT molecular complexity index is 1060. The fraction of sp³-hybridized carbons (Fsp3) is 0.190. The smallest absolute Gasteiger partial charge is 0.340 e. The molecule has 29 heavy (non-hydrogen) atoms. The second-order valence-corrected chi connectivity index (χ2v) is 7.35. The van der Waals surface area contributed by atoms with Crippen molar-refractivity contribution in [1.82, 2.24) is 0 Å². The van der Waals surface area contributed by atoms with Gasteiger partial charge in [-0.05, 0) is 66.6 Å². The van der Waals surface area contributed by atoms with Crippen LogP contribution in [0.5, 0.6) is 11.5 Å². The van der Waals surface area contributed by atoms with Crippen LogP contribution in [0.2, 0.25) is 0 Å². The lowest BCUT2D eigenvalue weighted by Gasteiger charge is -2.14. The molecule has 0 aromatic heterocycles. The predicted molar refractivity (Wildman–Crippen MR) is 111 cm³/mol. The van der Waals surface area contributed by atoms with E-state index in [0.29, 0.717) is 5.69 Å². The third-order valence-electron chi connectivity index (χ3n) is 4.62. The van der Waals surface area contributed by atoms with Crippen LogP contribution >= 0.6 is 11.8 Å².